The van der Waals surface area contributed by atoms with Crippen LogP contribution in [0.15, 0.2) is 18.2 Å². The standard InChI is InChI=1S/C13H19BrFN/c1-4-16(9-10(2)3)13-7-5-6-12(15)11(13)8-14/h5-7,10H,4,8-9H2,1-3H3. The van der Waals surface area contributed by atoms with Crippen LogP contribution in [0.4, 0.5) is 10.1 Å². The lowest BCUT2D eigenvalue weighted by molar-refractivity contribution is 0.601. The molecular weight excluding hydrogens is 269 g/mol. The highest BCUT2D eigenvalue weighted by atomic mass is 79.9. The minimum Gasteiger partial charge on any atom is -0.371 e. The van der Waals surface area contributed by atoms with E-state index in [-0.39, 0.29) is 5.82 Å². The predicted molar refractivity (Wildman–Crippen MR) is 71.8 cm³/mol. The third-order valence-electron chi connectivity index (χ3n) is 2.54. The van der Waals surface area contributed by atoms with Gasteiger partial charge in [-0.15, -0.1) is 0 Å². The molecule has 0 atom stereocenters. The van der Waals surface area contributed by atoms with E-state index in [0.717, 1.165) is 24.3 Å². The molecule has 3 heteroatoms. The second kappa shape index (κ2) is 6.24. The van der Waals surface area contributed by atoms with Gasteiger partial charge in [-0.3, -0.25) is 0 Å². The molecule has 1 rings (SSSR count). The summed E-state index contributed by atoms with van der Waals surface area (Å²) in [6, 6.07) is 5.29. The fraction of sp³-hybridized carbons (Fsp3) is 0.538. The molecule has 0 aliphatic carbocycles. The van der Waals surface area contributed by atoms with E-state index in [1.807, 2.05) is 6.07 Å². The van der Waals surface area contributed by atoms with E-state index in [4.69, 9.17) is 0 Å². The van der Waals surface area contributed by atoms with Gasteiger partial charge in [0.05, 0.1) is 0 Å². The van der Waals surface area contributed by atoms with E-state index < -0.39 is 0 Å². The van der Waals surface area contributed by atoms with Crippen LogP contribution in [-0.4, -0.2) is 13.1 Å². The van der Waals surface area contributed by atoms with Crippen molar-refractivity contribution in [3.8, 4) is 0 Å². The van der Waals surface area contributed by atoms with Crippen LogP contribution in [0, 0.1) is 11.7 Å². The van der Waals surface area contributed by atoms with E-state index >= 15 is 0 Å². The molecule has 1 aromatic rings. The maximum Gasteiger partial charge on any atom is 0.129 e. The molecule has 16 heavy (non-hydrogen) atoms. The van der Waals surface area contributed by atoms with Gasteiger partial charge in [-0.1, -0.05) is 35.8 Å². The first kappa shape index (κ1) is 13.5. The van der Waals surface area contributed by atoms with Crippen LogP contribution in [0.25, 0.3) is 0 Å². The van der Waals surface area contributed by atoms with Gasteiger partial charge in [0, 0.05) is 29.7 Å². The molecule has 0 aliphatic rings. The molecule has 0 N–H and O–H groups in total. The summed E-state index contributed by atoms with van der Waals surface area (Å²) in [5.74, 6) is 0.447. The Balaban J connectivity index is 3.04. The number of rotatable bonds is 5. The summed E-state index contributed by atoms with van der Waals surface area (Å²) in [6.07, 6.45) is 0. The molecule has 0 bridgehead atoms. The zero-order valence-corrected chi connectivity index (χ0v) is 11.7. The number of hydrogen-bond donors (Lipinski definition) is 0. The average Bonchev–Trinajstić information content (AvgIpc) is 2.25. The molecular formula is C13H19BrFN. The highest BCUT2D eigenvalue weighted by Crippen LogP contribution is 2.26. The van der Waals surface area contributed by atoms with Crippen molar-refractivity contribution in [2.45, 2.75) is 26.1 Å². The van der Waals surface area contributed by atoms with Crippen molar-refractivity contribution < 1.29 is 4.39 Å². The zero-order valence-electron chi connectivity index (χ0n) is 10.1. The molecule has 90 valence electrons. The molecule has 1 nitrogen and oxygen atoms in total. The Morgan fingerprint density at radius 1 is 1.38 bits per heavy atom. The molecule has 0 radical (unpaired) electrons. The summed E-state index contributed by atoms with van der Waals surface area (Å²) < 4.78 is 13.6. The summed E-state index contributed by atoms with van der Waals surface area (Å²) in [4.78, 5) is 2.23. The molecule has 0 unspecified atom stereocenters. The molecule has 0 fully saturated rings. The molecule has 0 heterocycles. The number of anilines is 1. The van der Waals surface area contributed by atoms with Crippen LogP contribution >= 0.6 is 15.9 Å². The summed E-state index contributed by atoms with van der Waals surface area (Å²) >= 11 is 3.36. The second-order valence-electron chi connectivity index (χ2n) is 4.30. The Hall–Kier alpha value is -0.570. The van der Waals surface area contributed by atoms with Crippen LogP contribution < -0.4 is 4.90 Å². The molecule has 0 aromatic heterocycles. The molecule has 0 saturated carbocycles. The Morgan fingerprint density at radius 3 is 2.56 bits per heavy atom. The number of benzene rings is 1. The lowest BCUT2D eigenvalue weighted by Gasteiger charge is -2.27. The number of halogens is 2. The van der Waals surface area contributed by atoms with Crippen LogP contribution in [0.3, 0.4) is 0 Å². The number of nitrogens with zero attached hydrogens (tertiary/aromatic N) is 1. The van der Waals surface area contributed by atoms with Crippen molar-refractivity contribution in [2.75, 3.05) is 18.0 Å². The van der Waals surface area contributed by atoms with E-state index in [1.165, 1.54) is 6.07 Å². The van der Waals surface area contributed by atoms with Crippen molar-refractivity contribution in [3.05, 3.63) is 29.6 Å². The van der Waals surface area contributed by atoms with Crippen LogP contribution in [0.2, 0.25) is 0 Å². The highest BCUT2D eigenvalue weighted by Gasteiger charge is 2.13. The summed E-state index contributed by atoms with van der Waals surface area (Å²) in [5.41, 5.74) is 1.76. The van der Waals surface area contributed by atoms with Gasteiger partial charge >= 0.3 is 0 Å². The Bertz CT molecular complexity index is 339. The van der Waals surface area contributed by atoms with Crippen LogP contribution in [0.1, 0.15) is 26.3 Å². The number of hydrogen-bond acceptors (Lipinski definition) is 1. The molecule has 0 amide bonds. The Morgan fingerprint density at radius 2 is 2.06 bits per heavy atom. The first-order chi connectivity index (χ1) is 7.60. The van der Waals surface area contributed by atoms with Crippen molar-refractivity contribution in [1.82, 2.24) is 0 Å². The predicted octanol–water partition coefficient (Wildman–Crippen LogP) is 4.20. The third kappa shape index (κ3) is 3.21. The second-order valence-corrected chi connectivity index (χ2v) is 4.86. The van der Waals surface area contributed by atoms with Crippen molar-refractivity contribution >= 4 is 21.6 Å². The summed E-state index contributed by atoms with van der Waals surface area (Å²) in [5, 5.41) is 0.559. The molecule has 1 aromatic carbocycles. The Labute approximate surface area is 106 Å². The largest absolute Gasteiger partial charge is 0.371 e. The van der Waals surface area contributed by atoms with Gasteiger partial charge in [0.2, 0.25) is 0 Å². The first-order valence-corrected chi connectivity index (χ1v) is 6.80. The minimum absolute atomic E-state index is 0.128. The lowest BCUT2D eigenvalue weighted by atomic mass is 10.1. The van der Waals surface area contributed by atoms with Gasteiger partial charge < -0.3 is 4.90 Å². The maximum atomic E-state index is 13.6. The SMILES string of the molecule is CCN(CC(C)C)c1cccc(F)c1CBr. The van der Waals surface area contributed by atoms with E-state index in [0.29, 0.717) is 11.2 Å². The van der Waals surface area contributed by atoms with E-state index in [1.54, 1.807) is 6.07 Å². The van der Waals surface area contributed by atoms with Crippen molar-refractivity contribution in [1.29, 1.82) is 0 Å². The number of alkyl halides is 1. The van der Waals surface area contributed by atoms with Gasteiger partial charge in [0.25, 0.3) is 0 Å². The van der Waals surface area contributed by atoms with E-state index in [2.05, 4.69) is 41.6 Å². The molecule has 0 aliphatic heterocycles. The van der Waals surface area contributed by atoms with Crippen molar-refractivity contribution in [3.63, 3.8) is 0 Å². The van der Waals surface area contributed by atoms with Gasteiger partial charge in [0.15, 0.2) is 0 Å². The summed E-state index contributed by atoms with van der Waals surface area (Å²) in [7, 11) is 0. The van der Waals surface area contributed by atoms with Crippen LogP contribution in [-0.2, 0) is 5.33 Å². The topological polar surface area (TPSA) is 3.24 Å². The Kier molecular flexibility index (Phi) is 5.26. The van der Waals surface area contributed by atoms with Gasteiger partial charge in [-0.25, -0.2) is 4.39 Å². The first-order valence-electron chi connectivity index (χ1n) is 5.68. The molecule has 0 saturated heterocycles. The average molecular weight is 288 g/mol. The quantitative estimate of drug-likeness (QED) is 0.734. The van der Waals surface area contributed by atoms with Crippen molar-refractivity contribution in [2.24, 2.45) is 5.92 Å². The fourth-order valence-corrected chi connectivity index (χ4v) is 2.37. The molecule has 0 spiro atoms. The minimum atomic E-state index is -0.128. The van der Waals surface area contributed by atoms with E-state index in [9.17, 15) is 4.39 Å². The lowest BCUT2D eigenvalue weighted by Crippen LogP contribution is -2.28. The zero-order chi connectivity index (χ0) is 12.1. The normalized spacial score (nSPS) is 10.9. The van der Waals surface area contributed by atoms with Gasteiger partial charge in [-0.05, 0) is 25.0 Å². The maximum absolute atomic E-state index is 13.6. The smallest absolute Gasteiger partial charge is 0.129 e. The highest BCUT2D eigenvalue weighted by molar-refractivity contribution is 9.08. The fourth-order valence-electron chi connectivity index (χ4n) is 1.81. The van der Waals surface area contributed by atoms with Crippen LogP contribution in [0.5, 0.6) is 0 Å². The summed E-state index contributed by atoms with van der Waals surface area (Å²) in [6.45, 7) is 8.32. The van der Waals surface area contributed by atoms with Gasteiger partial charge in [-0.2, -0.15) is 0 Å². The third-order valence-corrected chi connectivity index (χ3v) is 3.10. The van der Waals surface area contributed by atoms with Gasteiger partial charge in [0.1, 0.15) is 5.82 Å². The monoisotopic (exact) mass is 287 g/mol.